The summed E-state index contributed by atoms with van der Waals surface area (Å²) >= 11 is 0. The second-order valence-electron chi connectivity index (χ2n) is 12.8. The van der Waals surface area contributed by atoms with Gasteiger partial charge in [-0.1, -0.05) is 43.0 Å². The molecular weight excluding hydrogens is 921 g/mol. The lowest BCUT2D eigenvalue weighted by atomic mass is 10.1. The van der Waals surface area contributed by atoms with Crippen LogP contribution in [0.4, 0.5) is 22.4 Å². The molecule has 6 aromatic rings. The van der Waals surface area contributed by atoms with Crippen LogP contribution in [0.2, 0.25) is 0 Å². The maximum atomic E-state index is 12.8. The molecule has 2 aliphatic rings. The van der Waals surface area contributed by atoms with Gasteiger partial charge in [-0.25, -0.2) is 37.9 Å². The SMILES string of the molecule is CC.COC(=O)OC.CON1C(=O)CCC1=O.CON1C(=O)c2ccccc2C1=O.COc1c(C)c(F)c(F)c(F)c1F.COn1nnc2ccccc21.Cc1nc(C)nc(C)n1.Cn1ccnc1. The zero-order chi connectivity index (χ0) is 52.4. The quantitative estimate of drug-likeness (QED) is 0.0626. The minimum Gasteiger partial charge on any atom is -0.493 e. The topological polar surface area (TPSA) is 234 Å². The summed E-state index contributed by atoms with van der Waals surface area (Å²) in [6.07, 6.45) is 5.30. The van der Waals surface area contributed by atoms with Gasteiger partial charge in [-0.3, -0.25) is 28.9 Å². The van der Waals surface area contributed by atoms with E-state index in [1.807, 2.05) is 76.7 Å². The standard InChI is InChI=1S/C9H7NO3.C8H6F4O.C7H7N3O.C6H9N3.C5H7NO3.C4H6N2.C3H6O3.C2H6/c1-13-10-8(11)6-4-2-3-5-7(6)9(10)12;1-3-4(9)5(10)6(11)7(12)8(3)13-2;1-11-10-7-5-3-2-4-6(7)8-9-10;1-4-7-5(2)9-6(3)8-4;1-9-6-4(7)2-3-5(6)8;1-6-3-2-5-4-6;1-5-3(4)6-2;1-2/h2-5H,1H3;1-2H3;2-5H,1H3;1-3H3;2-3H2,1H3;2-4H,1H3;1-2H3;1-2H3. The third-order valence-electron chi connectivity index (χ3n) is 8.21. The van der Waals surface area contributed by atoms with Crippen LogP contribution in [-0.2, 0) is 35.8 Å². The molecule has 374 valence electrons. The number of amides is 4. The summed E-state index contributed by atoms with van der Waals surface area (Å²) in [5, 5.41) is 9.18. The maximum absolute atomic E-state index is 12.8. The van der Waals surface area contributed by atoms with E-state index in [0.29, 0.717) is 11.1 Å². The van der Waals surface area contributed by atoms with Crippen LogP contribution in [0.3, 0.4) is 0 Å². The van der Waals surface area contributed by atoms with E-state index in [1.54, 1.807) is 43.9 Å². The normalized spacial score (nSPS) is 11.7. The third kappa shape index (κ3) is 17.7. The molecule has 0 atom stereocenters. The van der Waals surface area contributed by atoms with Gasteiger partial charge in [-0.15, -0.1) is 10.2 Å². The molecule has 1 saturated heterocycles. The zero-order valence-corrected chi connectivity index (χ0v) is 40.2. The molecule has 25 heteroatoms. The van der Waals surface area contributed by atoms with Crippen LogP contribution in [0.25, 0.3) is 11.0 Å². The molecule has 3 aromatic carbocycles. The molecule has 0 radical (unpaired) electrons. The minimum atomic E-state index is -1.86. The largest absolute Gasteiger partial charge is 0.507 e. The number of methoxy groups -OCH3 is 3. The lowest BCUT2D eigenvalue weighted by Gasteiger charge is -2.08. The molecular formula is C44H54F4N10O11. The predicted molar refractivity (Wildman–Crippen MR) is 238 cm³/mol. The summed E-state index contributed by atoms with van der Waals surface area (Å²) in [5.41, 5.74) is 2.13. The predicted octanol–water partition coefficient (Wildman–Crippen LogP) is 6.23. The number of hydrogen-bond donors (Lipinski definition) is 0. The van der Waals surface area contributed by atoms with E-state index >= 15 is 0 Å². The number of fused-ring (bicyclic) bond motifs is 2. The Morgan fingerprint density at radius 3 is 1.45 bits per heavy atom. The molecule has 0 saturated carbocycles. The molecule has 4 amide bonds. The van der Waals surface area contributed by atoms with Crippen molar-refractivity contribution < 1.29 is 70.3 Å². The Kier molecular flexibility index (Phi) is 26.0. The van der Waals surface area contributed by atoms with Gasteiger partial charge in [0.15, 0.2) is 17.4 Å². The number of imidazole rings is 1. The fourth-order valence-corrected chi connectivity index (χ4v) is 5.23. The van der Waals surface area contributed by atoms with Crippen molar-refractivity contribution >= 4 is 40.8 Å². The number of hydroxylamine groups is 4. The van der Waals surface area contributed by atoms with Gasteiger partial charge in [0.05, 0.1) is 53.0 Å². The summed E-state index contributed by atoms with van der Waals surface area (Å²) in [4.78, 5) is 85.0. The number of ether oxygens (including phenoxy) is 3. The highest BCUT2D eigenvalue weighted by Crippen LogP contribution is 2.29. The fraction of sp³-hybridized carbons (Fsp3) is 0.341. The van der Waals surface area contributed by atoms with Gasteiger partial charge in [0.1, 0.15) is 35.6 Å². The van der Waals surface area contributed by atoms with Crippen LogP contribution >= 0.6 is 0 Å². The van der Waals surface area contributed by atoms with Crippen molar-refractivity contribution in [2.24, 2.45) is 7.05 Å². The van der Waals surface area contributed by atoms with Gasteiger partial charge in [0.25, 0.3) is 23.6 Å². The number of imide groups is 2. The van der Waals surface area contributed by atoms with Crippen molar-refractivity contribution in [2.75, 3.05) is 42.7 Å². The third-order valence-corrected chi connectivity index (χ3v) is 8.21. The molecule has 69 heavy (non-hydrogen) atoms. The Morgan fingerprint density at radius 2 is 1.09 bits per heavy atom. The number of carbonyl (C=O) groups excluding carboxylic acids is 5. The zero-order valence-electron chi connectivity index (χ0n) is 40.2. The van der Waals surface area contributed by atoms with E-state index in [4.69, 9.17) is 4.84 Å². The Bertz CT molecular complexity index is 2460. The van der Waals surface area contributed by atoms with Crippen LogP contribution in [0.5, 0.6) is 5.75 Å². The first-order valence-electron chi connectivity index (χ1n) is 20.1. The van der Waals surface area contributed by atoms with Crippen LogP contribution in [0, 0.1) is 51.0 Å². The van der Waals surface area contributed by atoms with E-state index in [-0.39, 0.29) is 30.2 Å². The summed E-state index contributed by atoms with van der Waals surface area (Å²) < 4.78 is 65.0. The van der Waals surface area contributed by atoms with E-state index in [2.05, 4.69) is 54.1 Å². The van der Waals surface area contributed by atoms with Crippen LogP contribution in [0.15, 0.2) is 67.3 Å². The molecule has 0 spiro atoms. The number of halogens is 4. The number of rotatable bonds is 4. The highest BCUT2D eigenvalue weighted by molar-refractivity contribution is 6.20. The second-order valence-corrected chi connectivity index (χ2v) is 12.8. The summed E-state index contributed by atoms with van der Waals surface area (Å²) in [7, 11) is 9.65. The van der Waals surface area contributed by atoms with Crippen molar-refractivity contribution in [2.45, 2.75) is 54.4 Å². The van der Waals surface area contributed by atoms with E-state index in [9.17, 15) is 41.5 Å². The number of hydrogen-bond acceptors (Lipinski definition) is 17. The second kappa shape index (κ2) is 30.4. The van der Waals surface area contributed by atoms with Crippen LogP contribution < -0.4 is 9.57 Å². The summed E-state index contributed by atoms with van der Waals surface area (Å²) in [6, 6.07) is 14.3. The number of nitrogens with zero attached hydrogens (tertiary/aromatic N) is 10. The van der Waals surface area contributed by atoms with Gasteiger partial charge >= 0.3 is 6.16 Å². The van der Waals surface area contributed by atoms with Crippen molar-refractivity contribution in [1.82, 2.24) is 49.8 Å². The van der Waals surface area contributed by atoms with Gasteiger partial charge in [0, 0.05) is 37.8 Å². The molecule has 5 heterocycles. The van der Waals surface area contributed by atoms with Crippen molar-refractivity contribution in [3.8, 4) is 5.75 Å². The Hall–Kier alpha value is -7.93. The van der Waals surface area contributed by atoms with Crippen molar-refractivity contribution in [1.29, 1.82) is 0 Å². The van der Waals surface area contributed by atoms with Gasteiger partial charge in [0.2, 0.25) is 11.6 Å². The Balaban J connectivity index is 0.000000407. The molecule has 0 bridgehead atoms. The fourth-order valence-electron chi connectivity index (χ4n) is 5.23. The number of aromatic nitrogens is 8. The first-order valence-corrected chi connectivity index (χ1v) is 20.1. The maximum Gasteiger partial charge on any atom is 0.507 e. The molecule has 3 aromatic heterocycles. The molecule has 0 unspecified atom stereocenters. The average molecular weight is 975 g/mol. The highest BCUT2D eigenvalue weighted by atomic mass is 19.2. The van der Waals surface area contributed by atoms with Crippen LogP contribution in [0.1, 0.15) is 70.4 Å². The summed E-state index contributed by atoms with van der Waals surface area (Å²) in [6.45, 7) is 10.7. The van der Waals surface area contributed by atoms with E-state index in [0.717, 1.165) is 52.7 Å². The lowest BCUT2D eigenvalue weighted by Crippen LogP contribution is -2.28. The molecule has 0 N–H and O–H groups in total. The Morgan fingerprint density at radius 1 is 0.623 bits per heavy atom. The van der Waals surface area contributed by atoms with E-state index in [1.165, 1.54) is 33.3 Å². The highest BCUT2D eigenvalue weighted by Gasteiger charge is 2.35. The van der Waals surface area contributed by atoms with Crippen molar-refractivity contribution in [3.63, 3.8) is 0 Å². The average Bonchev–Trinajstić information content (AvgIpc) is 4.14. The van der Waals surface area contributed by atoms with Gasteiger partial charge < -0.3 is 23.6 Å². The molecule has 1 fully saturated rings. The molecule has 2 aliphatic heterocycles. The first-order chi connectivity index (χ1) is 32.8. The lowest BCUT2D eigenvalue weighted by molar-refractivity contribution is -0.179. The number of benzene rings is 3. The van der Waals surface area contributed by atoms with Gasteiger partial charge in [-0.2, -0.15) is 9.45 Å². The monoisotopic (exact) mass is 974 g/mol. The van der Waals surface area contributed by atoms with Crippen LogP contribution in [-0.4, -0.2) is 122 Å². The minimum absolute atomic E-state index is 0.248. The number of carbonyl (C=O) groups is 5. The molecule has 8 rings (SSSR count). The van der Waals surface area contributed by atoms with Crippen molar-refractivity contribution in [3.05, 3.63) is 125 Å². The van der Waals surface area contributed by atoms with E-state index < -0.39 is 47.0 Å². The first kappa shape index (κ1) is 59.1. The number of aryl methyl sites for hydroxylation is 4. The smallest absolute Gasteiger partial charge is 0.493 e. The summed E-state index contributed by atoms with van der Waals surface area (Å²) in [5.74, 6) is -6.17. The van der Waals surface area contributed by atoms with Gasteiger partial charge in [-0.05, 0) is 57.2 Å². The number of para-hydroxylation sites is 1. The Labute approximate surface area is 394 Å². The molecule has 21 nitrogen and oxygen atoms in total. The molecule has 0 aliphatic carbocycles.